The lowest BCUT2D eigenvalue weighted by molar-refractivity contribution is -0.140. The SMILES string of the molecule is CCCCCCCCC(C(CCCCCCCC(=O)OC)S(=O)(=O)O)S(=O)(=O)O. The molecule has 0 aliphatic rings. The lowest BCUT2D eigenvalue weighted by atomic mass is 10.0. The summed E-state index contributed by atoms with van der Waals surface area (Å²) in [6, 6.07) is 0. The average Bonchev–Trinajstić information content (AvgIpc) is 2.62. The van der Waals surface area contributed by atoms with Crippen molar-refractivity contribution in [2.75, 3.05) is 7.11 Å². The summed E-state index contributed by atoms with van der Waals surface area (Å²) in [5, 5.41) is -3.04. The van der Waals surface area contributed by atoms with E-state index in [0.29, 0.717) is 32.1 Å². The highest BCUT2D eigenvalue weighted by Crippen LogP contribution is 2.24. The number of carbonyl (C=O) groups is 1. The fourth-order valence-corrected chi connectivity index (χ4v) is 6.24. The van der Waals surface area contributed by atoms with Gasteiger partial charge in [0, 0.05) is 6.42 Å². The minimum absolute atomic E-state index is 0.00848. The summed E-state index contributed by atoms with van der Waals surface area (Å²) in [4.78, 5) is 11.0. The molecule has 0 radical (unpaired) electrons. The van der Waals surface area contributed by atoms with Gasteiger partial charge in [0.05, 0.1) is 7.11 Å². The zero-order valence-electron chi connectivity index (χ0n) is 17.7. The van der Waals surface area contributed by atoms with Crippen molar-refractivity contribution in [2.45, 2.75) is 107 Å². The first-order valence-electron chi connectivity index (χ1n) is 10.5. The van der Waals surface area contributed by atoms with Crippen LogP contribution in [0.4, 0.5) is 0 Å². The van der Waals surface area contributed by atoms with E-state index in [2.05, 4.69) is 11.7 Å². The highest BCUT2D eigenvalue weighted by atomic mass is 32.2. The Hall–Kier alpha value is -0.710. The molecular formula is C19H38O8S2. The van der Waals surface area contributed by atoms with Crippen molar-refractivity contribution in [3.8, 4) is 0 Å². The maximum absolute atomic E-state index is 11.8. The summed E-state index contributed by atoms with van der Waals surface area (Å²) in [7, 11) is -7.88. The third-order valence-corrected chi connectivity index (χ3v) is 7.95. The van der Waals surface area contributed by atoms with Crippen LogP contribution in [-0.4, -0.2) is 49.5 Å². The van der Waals surface area contributed by atoms with Crippen LogP contribution in [0.3, 0.4) is 0 Å². The molecule has 2 unspecified atom stereocenters. The van der Waals surface area contributed by atoms with Crippen LogP contribution in [0, 0.1) is 0 Å². The summed E-state index contributed by atoms with van der Waals surface area (Å²) in [6.07, 6.45) is 8.91. The normalized spacial score (nSPS) is 14.5. The second kappa shape index (κ2) is 15.1. The Bertz CT molecular complexity index is 643. The number of unbranched alkanes of at least 4 members (excludes halogenated alkanes) is 9. The van der Waals surface area contributed by atoms with Crippen LogP contribution in [0.2, 0.25) is 0 Å². The van der Waals surface area contributed by atoms with Crippen molar-refractivity contribution in [1.82, 2.24) is 0 Å². The van der Waals surface area contributed by atoms with Gasteiger partial charge in [-0.1, -0.05) is 71.1 Å². The summed E-state index contributed by atoms with van der Waals surface area (Å²) >= 11 is 0. The van der Waals surface area contributed by atoms with Gasteiger partial charge in [-0.15, -0.1) is 0 Å². The van der Waals surface area contributed by atoms with Gasteiger partial charge in [-0.3, -0.25) is 13.9 Å². The van der Waals surface area contributed by atoms with Gasteiger partial charge in [0.1, 0.15) is 10.5 Å². The molecule has 0 bridgehead atoms. The van der Waals surface area contributed by atoms with Crippen LogP contribution in [0.1, 0.15) is 96.8 Å². The lowest BCUT2D eigenvalue weighted by Gasteiger charge is -2.22. The number of hydrogen-bond donors (Lipinski definition) is 2. The predicted molar refractivity (Wildman–Crippen MR) is 113 cm³/mol. The standard InChI is InChI=1S/C19H38O8S2/c1-3-4-5-6-8-11-14-17(28(21,22)23)18(29(24,25)26)15-12-9-7-10-13-16-19(20)27-2/h17-18H,3-16H2,1-2H3,(H,21,22,23)(H,24,25,26). The molecule has 2 N–H and O–H groups in total. The van der Waals surface area contributed by atoms with Crippen LogP contribution in [0.5, 0.6) is 0 Å². The lowest BCUT2D eigenvalue weighted by Crippen LogP contribution is -2.39. The molecule has 0 amide bonds. The molecule has 2 atom stereocenters. The molecule has 8 nitrogen and oxygen atoms in total. The van der Waals surface area contributed by atoms with Gasteiger partial charge in [-0.25, -0.2) is 0 Å². The van der Waals surface area contributed by atoms with Gasteiger partial charge in [0.25, 0.3) is 20.2 Å². The first-order chi connectivity index (χ1) is 13.5. The third-order valence-electron chi connectivity index (χ3n) is 5.12. The second-order valence-corrected chi connectivity index (χ2v) is 10.8. The fourth-order valence-electron chi connectivity index (χ4n) is 3.43. The van der Waals surface area contributed by atoms with E-state index < -0.39 is 30.7 Å². The first-order valence-corrected chi connectivity index (χ1v) is 13.5. The van der Waals surface area contributed by atoms with Crippen molar-refractivity contribution >= 4 is 26.2 Å². The molecule has 0 saturated heterocycles. The van der Waals surface area contributed by atoms with Gasteiger partial charge in [0.2, 0.25) is 0 Å². The molecule has 0 spiro atoms. The van der Waals surface area contributed by atoms with E-state index in [-0.39, 0.29) is 18.8 Å². The summed E-state index contributed by atoms with van der Waals surface area (Å²) in [5.74, 6) is -0.276. The monoisotopic (exact) mass is 458 g/mol. The van der Waals surface area contributed by atoms with E-state index in [9.17, 15) is 30.7 Å². The molecule has 0 aromatic carbocycles. The maximum Gasteiger partial charge on any atom is 0.305 e. The molecule has 0 rings (SSSR count). The van der Waals surface area contributed by atoms with Crippen LogP contribution in [0.25, 0.3) is 0 Å². The molecule has 0 fully saturated rings. The molecule has 0 heterocycles. The zero-order valence-corrected chi connectivity index (χ0v) is 19.3. The molecule has 0 aromatic rings. The minimum atomic E-state index is -4.61. The van der Waals surface area contributed by atoms with E-state index in [1.807, 2.05) is 0 Å². The summed E-state index contributed by atoms with van der Waals surface area (Å²) in [6.45, 7) is 2.09. The van der Waals surface area contributed by atoms with Gasteiger partial charge in [-0.2, -0.15) is 16.8 Å². The van der Waals surface area contributed by atoms with Crippen molar-refractivity contribution in [2.24, 2.45) is 0 Å². The van der Waals surface area contributed by atoms with Gasteiger partial charge in [-0.05, 0) is 19.3 Å². The van der Waals surface area contributed by atoms with Crippen molar-refractivity contribution in [3.05, 3.63) is 0 Å². The number of methoxy groups -OCH3 is 1. The van der Waals surface area contributed by atoms with Crippen LogP contribution in [-0.2, 0) is 29.8 Å². The van der Waals surface area contributed by atoms with E-state index >= 15 is 0 Å². The fraction of sp³-hybridized carbons (Fsp3) is 0.947. The van der Waals surface area contributed by atoms with E-state index in [4.69, 9.17) is 0 Å². The topological polar surface area (TPSA) is 135 Å². The smallest absolute Gasteiger partial charge is 0.305 e. The Kier molecular flexibility index (Phi) is 14.8. The van der Waals surface area contributed by atoms with Gasteiger partial charge in [0.15, 0.2) is 0 Å². The Balaban J connectivity index is 4.61. The molecular weight excluding hydrogens is 420 g/mol. The third kappa shape index (κ3) is 14.0. The predicted octanol–water partition coefficient (Wildman–Crippen LogP) is 4.15. The number of esters is 1. The summed E-state index contributed by atoms with van der Waals surface area (Å²) in [5.41, 5.74) is 0. The van der Waals surface area contributed by atoms with Crippen LogP contribution in [0.15, 0.2) is 0 Å². The highest BCUT2D eigenvalue weighted by Gasteiger charge is 2.39. The van der Waals surface area contributed by atoms with Crippen molar-refractivity contribution in [1.29, 1.82) is 0 Å². The van der Waals surface area contributed by atoms with Gasteiger partial charge < -0.3 is 4.74 Å². The summed E-state index contributed by atoms with van der Waals surface area (Å²) < 4.78 is 70.8. The molecule has 0 aromatic heterocycles. The highest BCUT2D eigenvalue weighted by molar-refractivity contribution is 7.90. The second-order valence-electron chi connectivity index (χ2n) is 7.55. The number of rotatable bonds is 18. The number of ether oxygens (including phenoxy) is 1. The number of hydrogen-bond acceptors (Lipinski definition) is 6. The zero-order chi connectivity index (χ0) is 22.3. The molecule has 29 heavy (non-hydrogen) atoms. The molecule has 10 heteroatoms. The van der Waals surface area contributed by atoms with E-state index in [1.165, 1.54) is 7.11 Å². The number of carbonyl (C=O) groups excluding carboxylic acids is 1. The maximum atomic E-state index is 11.8. The van der Waals surface area contributed by atoms with Crippen molar-refractivity contribution in [3.63, 3.8) is 0 Å². The first kappa shape index (κ1) is 28.3. The van der Waals surface area contributed by atoms with Crippen LogP contribution < -0.4 is 0 Å². The average molecular weight is 459 g/mol. The molecule has 0 saturated carbocycles. The molecule has 174 valence electrons. The van der Waals surface area contributed by atoms with E-state index in [1.54, 1.807) is 0 Å². The Labute approximate surface area is 176 Å². The minimum Gasteiger partial charge on any atom is -0.469 e. The quantitative estimate of drug-likeness (QED) is 0.178. The largest absolute Gasteiger partial charge is 0.469 e. The molecule has 0 aliphatic carbocycles. The Morgan fingerprint density at radius 3 is 1.48 bits per heavy atom. The molecule has 0 aliphatic heterocycles. The van der Waals surface area contributed by atoms with Crippen molar-refractivity contribution < 1.29 is 35.5 Å². The Morgan fingerprint density at radius 2 is 1.10 bits per heavy atom. The van der Waals surface area contributed by atoms with E-state index in [0.717, 1.165) is 44.9 Å². The van der Waals surface area contributed by atoms with Crippen LogP contribution >= 0.6 is 0 Å². The Morgan fingerprint density at radius 1 is 0.724 bits per heavy atom. The van der Waals surface area contributed by atoms with Gasteiger partial charge >= 0.3 is 5.97 Å².